The molecule has 1 aliphatic rings. The van der Waals surface area contributed by atoms with E-state index in [1.54, 1.807) is 0 Å². The Morgan fingerprint density at radius 1 is 1.43 bits per heavy atom. The van der Waals surface area contributed by atoms with Crippen molar-refractivity contribution in [3.63, 3.8) is 0 Å². The van der Waals surface area contributed by atoms with E-state index in [0.29, 0.717) is 12.4 Å². The molecule has 1 heterocycles. The van der Waals surface area contributed by atoms with Crippen LogP contribution in [0.4, 0.5) is 5.69 Å². The standard InChI is InChI=1S/C16H24N2O3/c1-2-9-21-15-8-4-3-7-14(15)18-16(19)12-17-11-13-6-5-10-20-13/h3-4,7-8,13,17H,2,5-6,9-12H2,1H3,(H,18,19). The molecule has 5 nitrogen and oxygen atoms in total. The van der Waals surface area contributed by atoms with Crippen molar-refractivity contribution in [3.05, 3.63) is 24.3 Å². The van der Waals surface area contributed by atoms with E-state index in [2.05, 4.69) is 17.6 Å². The fourth-order valence-electron chi connectivity index (χ4n) is 2.25. The van der Waals surface area contributed by atoms with Gasteiger partial charge in [-0.2, -0.15) is 0 Å². The van der Waals surface area contributed by atoms with Crippen LogP contribution in [-0.2, 0) is 9.53 Å². The van der Waals surface area contributed by atoms with Crippen LogP contribution in [0.1, 0.15) is 26.2 Å². The van der Waals surface area contributed by atoms with Crippen LogP contribution < -0.4 is 15.4 Å². The number of para-hydroxylation sites is 2. The van der Waals surface area contributed by atoms with Crippen molar-refractivity contribution in [1.29, 1.82) is 0 Å². The molecule has 5 heteroatoms. The quantitative estimate of drug-likeness (QED) is 0.771. The number of carbonyl (C=O) groups is 1. The van der Waals surface area contributed by atoms with E-state index < -0.39 is 0 Å². The highest BCUT2D eigenvalue weighted by atomic mass is 16.5. The second-order valence-electron chi connectivity index (χ2n) is 5.16. The third-order valence-corrected chi connectivity index (χ3v) is 3.30. The van der Waals surface area contributed by atoms with Gasteiger partial charge in [0.05, 0.1) is 24.9 Å². The number of hydrogen-bond acceptors (Lipinski definition) is 4. The summed E-state index contributed by atoms with van der Waals surface area (Å²) >= 11 is 0. The van der Waals surface area contributed by atoms with Gasteiger partial charge in [-0.25, -0.2) is 0 Å². The number of ether oxygens (including phenoxy) is 2. The summed E-state index contributed by atoms with van der Waals surface area (Å²) < 4.78 is 11.1. The molecule has 1 saturated heterocycles. The summed E-state index contributed by atoms with van der Waals surface area (Å²) in [6.07, 6.45) is 3.37. The number of anilines is 1. The Hall–Kier alpha value is -1.59. The van der Waals surface area contributed by atoms with Gasteiger partial charge in [0.1, 0.15) is 5.75 Å². The topological polar surface area (TPSA) is 59.6 Å². The van der Waals surface area contributed by atoms with Gasteiger partial charge in [-0.15, -0.1) is 0 Å². The van der Waals surface area contributed by atoms with E-state index in [9.17, 15) is 4.79 Å². The molecule has 1 fully saturated rings. The molecule has 1 aliphatic heterocycles. The molecular formula is C16H24N2O3. The minimum absolute atomic E-state index is 0.0689. The lowest BCUT2D eigenvalue weighted by Crippen LogP contribution is -2.33. The molecule has 1 aromatic carbocycles. The first kappa shape index (κ1) is 15.8. The molecule has 21 heavy (non-hydrogen) atoms. The number of carbonyl (C=O) groups excluding carboxylic acids is 1. The lowest BCUT2D eigenvalue weighted by Gasteiger charge is -2.13. The fourth-order valence-corrected chi connectivity index (χ4v) is 2.25. The van der Waals surface area contributed by atoms with Crippen LogP contribution in [-0.4, -0.2) is 38.3 Å². The third-order valence-electron chi connectivity index (χ3n) is 3.30. The van der Waals surface area contributed by atoms with Gasteiger partial charge in [-0.05, 0) is 31.4 Å². The van der Waals surface area contributed by atoms with Gasteiger partial charge in [0.25, 0.3) is 0 Å². The zero-order valence-electron chi connectivity index (χ0n) is 12.6. The van der Waals surface area contributed by atoms with E-state index in [4.69, 9.17) is 9.47 Å². The largest absolute Gasteiger partial charge is 0.491 e. The van der Waals surface area contributed by atoms with Crippen molar-refractivity contribution < 1.29 is 14.3 Å². The fraction of sp³-hybridized carbons (Fsp3) is 0.562. The Bertz CT molecular complexity index is 445. The Kier molecular flexibility index (Phi) is 6.50. The number of hydrogen-bond donors (Lipinski definition) is 2. The molecule has 0 saturated carbocycles. The maximum absolute atomic E-state index is 11.9. The highest BCUT2D eigenvalue weighted by molar-refractivity contribution is 5.93. The second-order valence-corrected chi connectivity index (χ2v) is 5.16. The van der Waals surface area contributed by atoms with Crippen LogP contribution in [0.2, 0.25) is 0 Å². The van der Waals surface area contributed by atoms with E-state index in [1.165, 1.54) is 0 Å². The molecule has 1 atom stereocenters. The van der Waals surface area contributed by atoms with Gasteiger partial charge in [0.2, 0.25) is 5.91 Å². The van der Waals surface area contributed by atoms with Crippen LogP contribution in [0, 0.1) is 0 Å². The molecule has 1 aromatic rings. The van der Waals surface area contributed by atoms with Gasteiger partial charge in [-0.3, -0.25) is 4.79 Å². The molecular weight excluding hydrogens is 268 g/mol. The normalized spacial score (nSPS) is 17.7. The molecule has 0 spiro atoms. The molecule has 0 aliphatic carbocycles. The zero-order valence-corrected chi connectivity index (χ0v) is 12.6. The lowest BCUT2D eigenvalue weighted by atomic mass is 10.2. The van der Waals surface area contributed by atoms with Crippen LogP contribution in [0.15, 0.2) is 24.3 Å². The Morgan fingerprint density at radius 2 is 2.29 bits per heavy atom. The van der Waals surface area contributed by atoms with Crippen molar-refractivity contribution in [2.24, 2.45) is 0 Å². The molecule has 1 amide bonds. The van der Waals surface area contributed by atoms with Crippen molar-refractivity contribution in [1.82, 2.24) is 5.32 Å². The highest BCUT2D eigenvalue weighted by Gasteiger charge is 2.15. The van der Waals surface area contributed by atoms with Gasteiger partial charge < -0.3 is 20.1 Å². The van der Waals surface area contributed by atoms with Crippen LogP contribution >= 0.6 is 0 Å². The Morgan fingerprint density at radius 3 is 3.05 bits per heavy atom. The van der Waals surface area contributed by atoms with Gasteiger partial charge in [-0.1, -0.05) is 19.1 Å². The summed E-state index contributed by atoms with van der Waals surface area (Å²) in [5.74, 6) is 0.646. The minimum Gasteiger partial charge on any atom is -0.491 e. The number of benzene rings is 1. The van der Waals surface area contributed by atoms with Crippen molar-refractivity contribution in [2.45, 2.75) is 32.3 Å². The Labute approximate surface area is 126 Å². The molecule has 116 valence electrons. The number of rotatable bonds is 8. The lowest BCUT2D eigenvalue weighted by molar-refractivity contribution is -0.115. The molecule has 0 radical (unpaired) electrons. The van der Waals surface area contributed by atoms with Crippen LogP contribution in [0.3, 0.4) is 0 Å². The predicted molar refractivity (Wildman–Crippen MR) is 82.7 cm³/mol. The summed E-state index contributed by atoms with van der Waals surface area (Å²) in [6, 6.07) is 7.50. The maximum atomic E-state index is 11.9. The minimum atomic E-state index is -0.0689. The van der Waals surface area contributed by atoms with E-state index in [-0.39, 0.29) is 18.6 Å². The van der Waals surface area contributed by atoms with Gasteiger partial charge >= 0.3 is 0 Å². The van der Waals surface area contributed by atoms with Crippen molar-refractivity contribution >= 4 is 11.6 Å². The van der Waals surface area contributed by atoms with E-state index >= 15 is 0 Å². The summed E-state index contributed by atoms with van der Waals surface area (Å²) in [7, 11) is 0. The molecule has 0 aromatic heterocycles. The third kappa shape index (κ3) is 5.36. The molecule has 2 rings (SSSR count). The first-order valence-corrected chi connectivity index (χ1v) is 7.63. The monoisotopic (exact) mass is 292 g/mol. The first-order chi connectivity index (χ1) is 10.3. The highest BCUT2D eigenvalue weighted by Crippen LogP contribution is 2.23. The van der Waals surface area contributed by atoms with Crippen molar-refractivity contribution in [2.75, 3.05) is 31.6 Å². The summed E-state index contributed by atoms with van der Waals surface area (Å²) in [6.45, 7) is 4.53. The molecule has 1 unspecified atom stereocenters. The second kappa shape index (κ2) is 8.64. The summed E-state index contributed by atoms with van der Waals surface area (Å²) in [5.41, 5.74) is 0.717. The van der Waals surface area contributed by atoms with E-state index in [0.717, 1.165) is 38.1 Å². The van der Waals surface area contributed by atoms with Crippen LogP contribution in [0.25, 0.3) is 0 Å². The van der Waals surface area contributed by atoms with E-state index in [1.807, 2.05) is 24.3 Å². The smallest absolute Gasteiger partial charge is 0.238 e. The Balaban J connectivity index is 1.76. The maximum Gasteiger partial charge on any atom is 0.238 e. The number of amides is 1. The van der Waals surface area contributed by atoms with Crippen molar-refractivity contribution in [3.8, 4) is 5.75 Å². The average Bonchev–Trinajstić information content (AvgIpc) is 2.99. The van der Waals surface area contributed by atoms with Gasteiger partial charge in [0.15, 0.2) is 0 Å². The molecule has 0 bridgehead atoms. The molecule has 2 N–H and O–H groups in total. The van der Waals surface area contributed by atoms with Gasteiger partial charge in [0, 0.05) is 13.2 Å². The first-order valence-electron chi connectivity index (χ1n) is 7.63. The van der Waals surface area contributed by atoms with Crippen LogP contribution in [0.5, 0.6) is 5.75 Å². The summed E-state index contributed by atoms with van der Waals surface area (Å²) in [4.78, 5) is 11.9. The SMILES string of the molecule is CCCOc1ccccc1NC(=O)CNCC1CCCO1. The predicted octanol–water partition coefficient (Wildman–Crippen LogP) is 2.18. The average molecular weight is 292 g/mol. The number of nitrogens with one attached hydrogen (secondary N) is 2. The summed E-state index contributed by atoms with van der Waals surface area (Å²) in [5, 5.41) is 6.01. The zero-order chi connectivity index (χ0) is 14.9.